The van der Waals surface area contributed by atoms with Crippen molar-refractivity contribution in [1.82, 2.24) is 30.4 Å². The van der Waals surface area contributed by atoms with Gasteiger partial charge in [-0.3, -0.25) is 9.59 Å². The molecule has 136 valence electrons. The molecule has 0 bridgehead atoms. The lowest BCUT2D eigenvalue weighted by Gasteiger charge is -2.51. The minimum atomic E-state index is -1.15. The summed E-state index contributed by atoms with van der Waals surface area (Å²) in [5.41, 5.74) is 0.543. The fourth-order valence-electron chi connectivity index (χ4n) is 2.62. The van der Waals surface area contributed by atoms with Crippen LogP contribution in [0.3, 0.4) is 0 Å². The number of carboxylic acid groups (broad SMARTS) is 1. The number of hydrogen-bond donors (Lipinski definition) is 2. The molecule has 1 saturated heterocycles. The van der Waals surface area contributed by atoms with E-state index in [1.165, 1.54) is 33.1 Å². The van der Waals surface area contributed by atoms with Crippen molar-refractivity contribution in [1.29, 1.82) is 5.26 Å². The Labute approximate surface area is 155 Å². The number of amides is 2. The second-order valence-electron chi connectivity index (χ2n) is 5.46. The molecule has 0 spiro atoms. The topological polar surface area (TPSA) is 154 Å². The van der Waals surface area contributed by atoms with Gasteiger partial charge in [-0.05, 0) is 21.4 Å². The first-order valence-corrected chi connectivity index (χ1v) is 9.27. The molecule has 2 aliphatic heterocycles. The summed E-state index contributed by atoms with van der Waals surface area (Å²) in [5, 5.41) is 33.4. The highest BCUT2D eigenvalue weighted by molar-refractivity contribution is 8.03. The average Bonchev–Trinajstić information content (AvgIpc) is 3.02. The quantitative estimate of drug-likeness (QED) is 0.450. The fourth-order valence-corrected chi connectivity index (χ4v) is 4.80. The summed E-state index contributed by atoms with van der Waals surface area (Å²) in [4.78, 5) is 36.9. The van der Waals surface area contributed by atoms with Crippen molar-refractivity contribution >= 4 is 41.3 Å². The van der Waals surface area contributed by atoms with Crippen molar-refractivity contribution in [2.75, 3.05) is 5.75 Å². The summed E-state index contributed by atoms with van der Waals surface area (Å²) in [7, 11) is 1.67. The number of rotatable bonds is 6. The summed E-state index contributed by atoms with van der Waals surface area (Å²) in [6.45, 7) is 0. The predicted molar refractivity (Wildman–Crippen MR) is 89.4 cm³/mol. The molecule has 13 heteroatoms. The second-order valence-corrected chi connectivity index (χ2v) is 7.39. The summed E-state index contributed by atoms with van der Waals surface area (Å²) in [6, 6.07) is -0.222. The molecule has 0 aliphatic carbocycles. The molecule has 0 aromatic carbocycles. The number of nitrogens with one attached hydrogen (secondary N) is 1. The SMILES string of the molecule is Cn1nnnc1SCC1=CS[C@@H]2[C@H](NC(=O)CC#N)C(=O)N2[C@H]1C(=O)O. The average molecular weight is 395 g/mol. The summed E-state index contributed by atoms with van der Waals surface area (Å²) < 4.78 is 1.47. The van der Waals surface area contributed by atoms with Crippen LogP contribution in [0.15, 0.2) is 16.1 Å². The maximum absolute atomic E-state index is 12.4. The van der Waals surface area contributed by atoms with E-state index in [0.29, 0.717) is 16.5 Å². The summed E-state index contributed by atoms with van der Waals surface area (Å²) >= 11 is 2.53. The number of aromatic nitrogens is 4. The van der Waals surface area contributed by atoms with E-state index in [9.17, 15) is 19.5 Å². The Bertz CT molecular complexity index is 833. The van der Waals surface area contributed by atoms with Gasteiger partial charge in [0.1, 0.15) is 17.8 Å². The molecule has 11 nitrogen and oxygen atoms in total. The van der Waals surface area contributed by atoms with Crippen LogP contribution in [-0.4, -0.2) is 71.2 Å². The van der Waals surface area contributed by atoms with E-state index in [4.69, 9.17) is 5.26 Å². The van der Waals surface area contributed by atoms with Crippen LogP contribution in [0, 0.1) is 11.3 Å². The van der Waals surface area contributed by atoms with Crippen molar-refractivity contribution in [2.24, 2.45) is 7.05 Å². The molecule has 0 radical (unpaired) electrons. The lowest BCUT2D eigenvalue weighted by atomic mass is 9.98. The Hall–Kier alpha value is -2.59. The zero-order chi connectivity index (χ0) is 18.8. The predicted octanol–water partition coefficient (Wildman–Crippen LogP) is -1.05. The van der Waals surface area contributed by atoms with E-state index in [-0.39, 0.29) is 6.42 Å². The number of nitriles is 1. The number of carboxylic acids is 1. The molecule has 2 N–H and O–H groups in total. The first-order valence-electron chi connectivity index (χ1n) is 7.35. The smallest absolute Gasteiger partial charge is 0.330 e. The van der Waals surface area contributed by atoms with Gasteiger partial charge in [-0.25, -0.2) is 9.48 Å². The van der Waals surface area contributed by atoms with Crippen LogP contribution in [0.25, 0.3) is 0 Å². The largest absolute Gasteiger partial charge is 0.479 e. The Morgan fingerprint density at radius 3 is 2.92 bits per heavy atom. The molecule has 2 aliphatic rings. The van der Waals surface area contributed by atoms with E-state index < -0.39 is 35.2 Å². The van der Waals surface area contributed by atoms with Crippen LogP contribution in [0.1, 0.15) is 6.42 Å². The highest BCUT2D eigenvalue weighted by atomic mass is 32.2. The van der Waals surface area contributed by atoms with E-state index in [1.807, 2.05) is 0 Å². The van der Waals surface area contributed by atoms with Gasteiger partial charge in [0, 0.05) is 12.8 Å². The van der Waals surface area contributed by atoms with Crippen LogP contribution in [-0.2, 0) is 21.4 Å². The number of fused-ring (bicyclic) bond motifs is 1. The van der Waals surface area contributed by atoms with Crippen LogP contribution in [0.5, 0.6) is 0 Å². The maximum Gasteiger partial charge on any atom is 0.330 e. The number of aryl methyl sites for hydroxylation is 1. The molecule has 3 rings (SSSR count). The monoisotopic (exact) mass is 395 g/mol. The Morgan fingerprint density at radius 2 is 2.31 bits per heavy atom. The zero-order valence-electron chi connectivity index (χ0n) is 13.4. The Kier molecular flexibility index (Phi) is 5.14. The third kappa shape index (κ3) is 3.25. The minimum Gasteiger partial charge on any atom is -0.479 e. The fraction of sp³-hybridized carbons (Fsp3) is 0.462. The zero-order valence-corrected chi connectivity index (χ0v) is 15.0. The Balaban J connectivity index is 1.72. The van der Waals surface area contributed by atoms with E-state index in [1.54, 1.807) is 18.5 Å². The number of hydrogen-bond acceptors (Lipinski definition) is 9. The molecule has 26 heavy (non-hydrogen) atoms. The first kappa shape index (κ1) is 18.2. The van der Waals surface area contributed by atoms with E-state index >= 15 is 0 Å². The molecule has 3 atom stereocenters. The molecule has 0 saturated carbocycles. The lowest BCUT2D eigenvalue weighted by molar-refractivity contribution is -0.160. The highest BCUT2D eigenvalue weighted by Gasteiger charge is 2.55. The third-order valence-corrected chi connectivity index (χ3v) is 6.11. The number of tetrazole rings is 1. The number of carbonyl (C=O) groups excluding carboxylic acids is 2. The number of nitrogens with zero attached hydrogens (tertiary/aromatic N) is 6. The minimum absolute atomic E-state index is 0.306. The number of β-lactam (4-membered cyclic amide) rings is 1. The van der Waals surface area contributed by atoms with Gasteiger partial charge in [0.25, 0.3) is 0 Å². The van der Waals surface area contributed by atoms with Gasteiger partial charge in [0.05, 0.1) is 6.07 Å². The normalized spacial score (nSPS) is 24.2. The molecule has 1 fully saturated rings. The van der Waals surface area contributed by atoms with Gasteiger partial charge in [-0.1, -0.05) is 11.8 Å². The number of carbonyl (C=O) groups is 3. The maximum atomic E-state index is 12.4. The van der Waals surface area contributed by atoms with Crippen molar-refractivity contribution in [2.45, 2.75) is 29.0 Å². The van der Waals surface area contributed by atoms with Gasteiger partial charge in [-0.15, -0.1) is 16.9 Å². The summed E-state index contributed by atoms with van der Waals surface area (Å²) in [6.07, 6.45) is -0.354. The van der Waals surface area contributed by atoms with Gasteiger partial charge in [0.15, 0.2) is 6.04 Å². The molecule has 0 unspecified atom stereocenters. The summed E-state index contributed by atoms with van der Waals surface area (Å²) in [5.74, 6) is -1.87. The molecular weight excluding hydrogens is 382 g/mol. The third-order valence-electron chi connectivity index (χ3n) is 3.81. The van der Waals surface area contributed by atoms with E-state index in [2.05, 4.69) is 20.8 Å². The molecule has 3 heterocycles. The van der Waals surface area contributed by atoms with Crippen LogP contribution in [0.2, 0.25) is 0 Å². The van der Waals surface area contributed by atoms with Gasteiger partial charge in [-0.2, -0.15) is 5.26 Å². The van der Waals surface area contributed by atoms with Gasteiger partial charge in [0.2, 0.25) is 17.0 Å². The van der Waals surface area contributed by atoms with Crippen molar-refractivity contribution in [3.05, 3.63) is 11.0 Å². The standard InChI is InChI=1S/C13H13N7O4S2/c1-19-13(16-17-18-19)26-5-6-4-25-11-8(15-7(21)2-3-14)10(22)20(11)9(6)12(23)24/h4,8-9,11H,2,5H2,1H3,(H,15,21)(H,23,24)/t8-,9-,11-/m1/s1. The second kappa shape index (κ2) is 7.34. The molecule has 1 aromatic heterocycles. The lowest BCUT2D eigenvalue weighted by Crippen LogP contribution is -2.73. The highest BCUT2D eigenvalue weighted by Crippen LogP contribution is 2.41. The van der Waals surface area contributed by atoms with Gasteiger partial charge < -0.3 is 15.3 Å². The molecule has 2 amide bonds. The number of aliphatic carboxylic acids is 1. The van der Waals surface area contributed by atoms with E-state index in [0.717, 1.165) is 0 Å². The Morgan fingerprint density at radius 1 is 1.54 bits per heavy atom. The van der Waals surface area contributed by atoms with Crippen molar-refractivity contribution in [3.8, 4) is 6.07 Å². The first-order chi connectivity index (χ1) is 12.4. The molecule has 1 aromatic rings. The van der Waals surface area contributed by atoms with Gasteiger partial charge >= 0.3 is 5.97 Å². The number of thioether (sulfide) groups is 2. The van der Waals surface area contributed by atoms with Crippen molar-refractivity contribution in [3.63, 3.8) is 0 Å². The van der Waals surface area contributed by atoms with Crippen molar-refractivity contribution < 1.29 is 19.5 Å². The van der Waals surface area contributed by atoms with Crippen LogP contribution >= 0.6 is 23.5 Å². The van der Waals surface area contributed by atoms with Crippen LogP contribution in [0.4, 0.5) is 0 Å². The molecular formula is C13H13N7O4S2. The van der Waals surface area contributed by atoms with Crippen LogP contribution < -0.4 is 5.32 Å².